The Kier molecular flexibility index (Phi) is 10.0. The number of hydrogen-bond donors (Lipinski definition) is 1. The van der Waals surface area contributed by atoms with E-state index in [0.29, 0.717) is 16.3 Å². The first kappa shape index (κ1) is 29.0. The molecule has 0 radical (unpaired) electrons. The van der Waals surface area contributed by atoms with Crippen LogP contribution in [-0.4, -0.2) is 50.0 Å². The van der Waals surface area contributed by atoms with Crippen LogP contribution in [0.5, 0.6) is 0 Å². The Bertz CT molecular complexity index is 1180. The highest BCUT2D eigenvalue weighted by molar-refractivity contribution is 7.92. The molecule has 1 fully saturated rings. The topological polar surface area (TPSA) is 86.8 Å². The fourth-order valence-electron chi connectivity index (χ4n) is 4.60. The lowest BCUT2D eigenvalue weighted by molar-refractivity contribution is -0.139. The van der Waals surface area contributed by atoms with Gasteiger partial charge in [-0.15, -0.1) is 0 Å². The number of sulfonamides is 1. The van der Waals surface area contributed by atoms with Gasteiger partial charge in [0, 0.05) is 17.6 Å². The average Bonchev–Trinajstić information content (AvgIpc) is 2.86. The van der Waals surface area contributed by atoms with Crippen molar-refractivity contribution in [2.24, 2.45) is 0 Å². The Morgan fingerprint density at radius 2 is 1.62 bits per heavy atom. The lowest BCUT2D eigenvalue weighted by Gasteiger charge is -2.33. The van der Waals surface area contributed by atoms with Crippen molar-refractivity contribution in [1.82, 2.24) is 10.2 Å². The summed E-state index contributed by atoms with van der Waals surface area (Å²) in [5, 5.41) is 3.57. The van der Waals surface area contributed by atoms with Crippen molar-refractivity contribution in [3.05, 3.63) is 64.7 Å². The molecular formula is C28H38ClN3O4S. The van der Waals surface area contributed by atoms with Crippen LogP contribution < -0.4 is 9.62 Å². The molecule has 0 aliphatic heterocycles. The Hall–Kier alpha value is -2.58. The summed E-state index contributed by atoms with van der Waals surface area (Å²) in [4.78, 5) is 28.3. The lowest BCUT2D eigenvalue weighted by atomic mass is 9.95. The maximum Gasteiger partial charge on any atom is 0.244 e. The van der Waals surface area contributed by atoms with E-state index in [0.717, 1.165) is 41.8 Å². The van der Waals surface area contributed by atoms with E-state index in [9.17, 15) is 18.0 Å². The molecule has 37 heavy (non-hydrogen) atoms. The first-order valence-corrected chi connectivity index (χ1v) is 15.1. The first-order chi connectivity index (χ1) is 17.5. The predicted octanol–water partition coefficient (Wildman–Crippen LogP) is 5.10. The second-order valence-corrected chi connectivity index (χ2v) is 12.5. The van der Waals surface area contributed by atoms with Crippen molar-refractivity contribution in [3.8, 4) is 0 Å². The molecule has 1 saturated carbocycles. The molecule has 7 nitrogen and oxygen atoms in total. The number of halogens is 1. The fraction of sp³-hybridized carbons (Fsp3) is 0.500. The second-order valence-electron chi connectivity index (χ2n) is 10.1. The van der Waals surface area contributed by atoms with Crippen molar-refractivity contribution >= 4 is 39.1 Å². The minimum atomic E-state index is -3.77. The van der Waals surface area contributed by atoms with Crippen LogP contribution in [0.4, 0.5) is 5.69 Å². The standard InChI is InChI=1S/C28H38ClN3O4S/c1-20(2)22-14-16-25(17-15-22)32(37(4,35)36)19-27(33)31(18-23-10-8-9-13-26(23)29)21(3)28(34)30-24-11-6-5-7-12-24/h8-10,13-17,20-21,24H,5-7,11-12,18-19H2,1-4H3,(H,30,34). The maximum atomic E-state index is 13.7. The Balaban J connectivity index is 1.87. The van der Waals surface area contributed by atoms with Gasteiger partial charge in [0.1, 0.15) is 12.6 Å². The molecular weight excluding hydrogens is 510 g/mol. The van der Waals surface area contributed by atoms with Gasteiger partial charge in [0.05, 0.1) is 11.9 Å². The molecule has 0 aromatic heterocycles. The SMILES string of the molecule is CC(C)c1ccc(N(CC(=O)N(Cc2ccccc2Cl)C(C)C(=O)NC2CCCCC2)S(C)(=O)=O)cc1. The van der Waals surface area contributed by atoms with E-state index in [1.165, 1.54) is 11.3 Å². The normalized spacial score (nSPS) is 15.3. The third-order valence-electron chi connectivity index (χ3n) is 6.94. The van der Waals surface area contributed by atoms with Crippen LogP contribution in [0.1, 0.15) is 69.9 Å². The zero-order chi connectivity index (χ0) is 27.2. The van der Waals surface area contributed by atoms with E-state index < -0.39 is 28.5 Å². The van der Waals surface area contributed by atoms with Gasteiger partial charge in [-0.25, -0.2) is 8.42 Å². The van der Waals surface area contributed by atoms with E-state index in [1.807, 2.05) is 18.2 Å². The number of benzene rings is 2. The molecule has 1 atom stereocenters. The van der Waals surface area contributed by atoms with Gasteiger partial charge in [-0.1, -0.05) is 75.0 Å². The van der Waals surface area contributed by atoms with Crippen molar-refractivity contribution < 1.29 is 18.0 Å². The molecule has 1 unspecified atom stereocenters. The number of hydrogen-bond acceptors (Lipinski definition) is 4. The molecule has 0 bridgehead atoms. The van der Waals surface area contributed by atoms with Gasteiger partial charge in [0.25, 0.3) is 0 Å². The van der Waals surface area contributed by atoms with Crippen molar-refractivity contribution in [2.75, 3.05) is 17.1 Å². The van der Waals surface area contributed by atoms with Crippen molar-refractivity contribution in [3.63, 3.8) is 0 Å². The molecule has 0 spiro atoms. The highest BCUT2D eigenvalue weighted by Gasteiger charge is 2.31. The zero-order valence-corrected chi connectivity index (χ0v) is 23.7. The van der Waals surface area contributed by atoms with Gasteiger partial charge in [0.2, 0.25) is 21.8 Å². The van der Waals surface area contributed by atoms with Crippen LogP contribution >= 0.6 is 11.6 Å². The average molecular weight is 548 g/mol. The summed E-state index contributed by atoms with van der Waals surface area (Å²) in [5.74, 6) is -0.443. The van der Waals surface area contributed by atoms with E-state index in [1.54, 1.807) is 37.3 Å². The summed E-state index contributed by atoms with van der Waals surface area (Å²) in [6.07, 6.45) is 6.23. The molecule has 2 aromatic rings. The van der Waals surface area contributed by atoms with E-state index >= 15 is 0 Å². The first-order valence-electron chi connectivity index (χ1n) is 12.9. The summed E-state index contributed by atoms with van der Waals surface area (Å²) in [5.41, 5.74) is 2.15. The van der Waals surface area contributed by atoms with Crippen LogP contribution in [0, 0.1) is 0 Å². The van der Waals surface area contributed by atoms with E-state index in [2.05, 4.69) is 19.2 Å². The molecule has 0 heterocycles. The van der Waals surface area contributed by atoms with Crippen LogP contribution in [0.15, 0.2) is 48.5 Å². The van der Waals surface area contributed by atoms with Gasteiger partial charge >= 0.3 is 0 Å². The number of carbonyl (C=O) groups excluding carboxylic acids is 2. The fourth-order valence-corrected chi connectivity index (χ4v) is 5.65. The lowest BCUT2D eigenvalue weighted by Crippen LogP contribution is -2.53. The van der Waals surface area contributed by atoms with Gasteiger partial charge in [-0.05, 0) is 55.0 Å². The summed E-state index contributed by atoms with van der Waals surface area (Å²) in [6.45, 7) is 5.44. The van der Waals surface area contributed by atoms with Crippen molar-refractivity contribution in [1.29, 1.82) is 0 Å². The van der Waals surface area contributed by atoms with Gasteiger partial charge < -0.3 is 10.2 Å². The quantitative estimate of drug-likeness (QED) is 0.448. The molecule has 2 amide bonds. The number of amides is 2. The van der Waals surface area contributed by atoms with Crippen LogP contribution in [-0.2, 0) is 26.2 Å². The summed E-state index contributed by atoms with van der Waals surface area (Å²) in [7, 11) is -3.77. The summed E-state index contributed by atoms with van der Waals surface area (Å²) < 4.78 is 26.6. The van der Waals surface area contributed by atoms with Crippen LogP contribution in [0.3, 0.4) is 0 Å². The number of anilines is 1. The highest BCUT2D eigenvalue weighted by atomic mass is 35.5. The van der Waals surface area contributed by atoms with Gasteiger partial charge in [-0.2, -0.15) is 0 Å². The van der Waals surface area contributed by atoms with Crippen LogP contribution in [0.2, 0.25) is 5.02 Å². The molecule has 1 aliphatic carbocycles. The number of nitrogens with zero attached hydrogens (tertiary/aromatic N) is 2. The van der Waals surface area contributed by atoms with Gasteiger partial charge in [-0.3, -0.25) is 13.9 Å². The smallest absolute Gasteiger partial charge is 0.244 e. The van der Waals surface area contributed by atoms with Crippen molar-refractivity contribution in [2.45, 2.75) is 77.4 Å². The molecule has 0 saturated heterocycles. The molecule has 3 rings (SSSR count). The van der Waals surface area contributed by atoms with Crippen LogP contribution in [0.25, 0.3) is 0 Å². The van der Waals surface area contributed by atoms with Gasteiger partial charge in [0.15, 0.2) is 0 Å². The molecule has 9 heteroatoms. The zero-order valence-electron chi connectivity index (χ0n) is 22.1. The minimum absolute atomic E-state index is 0.0850. The number of rotatable bonds is 10. The molecule has 1 N–H and O–H groups in total. The Labute approximate surface area is 226 Å². The third-order valence-corrected chi connectivity index (χ3v) is 8.45. The summed E-state index contributed by atoms with van der Waals surface area (Å²) >= 11 is 6.38. The maximum absolute atomic E-state index is 13.7. The predicted molar refractivity (Wildman–Crippen MR) is 149 cm³/mol. The third kappa shape index (κ3) is 7.95. The minimum Gasteiger partial charge on any atom is -0.352 e. The Morgan fingerprint density at radius 3 is 2.19 bits per heavy atom. The number of carbonyl (C=O) groups is 2. The molecule has 202 valence electrons. The Morgan fingerprint density at radius 1 is 1.00 bits per heavy atom. The monoisotopic (exact) mass is 547 g/mol. The summed E-state index contributed by atoms with van der Waals surface area (Å²) in [6, 6.07) is 13.6. The highest BCUT2D eigenvalue weighted by Crippen LogP contribution is 2.24. The second kappa shape index (κ2) is 12.8. The molecule has 1 aliphatic rings. The van der Waals surface area contributed by atoms with E-state index in [-0.39, 0.29) is 24.4 Å². The molecule has 2 aromatic carbocycles. The largest absolute Gasteiger partial charge is 0.352 e. The number of nitrogens with one attached hydrogen (secondary N) is 1. The van der Waals surface area contributed by atoms with E-state index in [4.69, 9.17) is 11.6 Å².